The van der Waals surface area contributed by atoms with E-state index in [4.69, 9.17) is 0 Å². The molecule has 1 fully saturated rings. The van der Waals surface area contributed by atoms with Gasteiger partial charge in [0.2, 0.25) is 0 Å². The van der Waals surface area contributed by atoms with Gasteiger partial charge in [-0.05, 0) is 36.5 Å². The molecule has 0 amide bonds. The molecular formula is C12H17NOS. The third-order valence-electron chi connectivity index (χ3n) is 2.94. The van der Waals surface area contributed by atoms with Crippen molar-refractivity contribution in [2.75, 3.05) is 23.4 Å². The van der Waals surface area contributed by atoms with E-state index in [0.717, 1.165) is 30.0 Å². The van der Waals surface area contributed by atoms with Crippen LogP contribution >= 0.6 is 11.8 Å². The number of thioether (sulfide) groups is 1. The van der Waals surface area contributed by atoms with Gasteiger partial charge in [-0.15, -0.1) is 0 Å². The molecule has 3 heteroatoms. The Morgan fingerprint density at radius 2 is 1.87 bits per heavy atom. The molecule has 15 heavy (non-hydrogen) atoms. The second-order valence-electron chi connectivity index (χ2n) is 4.04. The fraction of sp³-hybridized carbons (Fsp3) is 0.500. The Hall–Kier alpha value is -0.670. The standard InChI is InChI=1S/C12H17NOS/c14-10-12(6-8-15-9-7-12)13-11-4-2-1-3-5-11/h1-5,13-14H,6-10H2. The summed E-state index contributed by atoms with van der Waals surface area (Å²) in [4.78, 5) is 0. The Kier molecular flexibility index (Phi) is 3.54. The first kappa shape index (κ1) is 10.8. The van der Waals surface area contributed by atoms with Gasteiger partial charge in [0.15, 0.2) is 0 Å². The van der Waals surface area contributed by atoms with Crippen LogP contribution in [0.5, 0.6) is 0 Å². The predicted octanol–water partition coefficient (Wildman–Crippen LogP) is 2.36. The van der Waals surface area contributed by atoms with E-state index in [1.807, 2.05) is 30.0 Å². The van der Waals surface area contributed by atoms with Crippen LogP contribution in [0.25, 0.3) is 0 Å². The Morgan fingerprint density at radius 3 is 2.47 bits per heavy atom. The molecule has 0 saturated carbocycles. The Morgan fingerprint density at radius 1 is 1.20 bits per heavy atom. The van der Waals surface area contributed by atoms with Crippen molar-refractivity contribution >= 4 is 17.4 Å². The molecule has 0 spiro atoms. The van der Waals surface area contributed by atoms with Crippen LogP contribution in [0.1, 0.15) is 12.8 Å². The summed E-state index contributed by atoms with van der Waals surface area (Å²) in [5.41, 5.74) is 1.02. The zero-order valence-electron chi connectivity index (χ0n) is 8.78. The van der Waals surface area contributed by atoms with Gasteiger partial charge in [-0.2, -0.15) is 11.8 Å². The normalized spacial score (nSPS) is 19.8. The molecular weight excluding hydrogens is 206 g/mol. The van der Waals surface area contributed by atoms with E-state index in [2.05, 4.69) is 17.4 Å². The molecule has 2 nitrogen and oxygen atoms in total. The molecule has 1 heterocycles. The third-order valence-corrected chi connectivity index (χ3v) is 3.92. The number of rotatable bonds is 3. The highest BCUT2D eigenvalue weighted by molar-refractivity contribution is 7.99. The highest BCUT2D eigenvalue weighted by atomic mass is 32.2. The van der Waals surface area contributed by atoms with Crippen LogP contribution in [0.4, 0.5) is 5.69 Å². The summed E-state index contributed by atoms with van der Waals surface area (Å²) in [5, 5.41) is 13.0. The average molecular weight is 223 g/mol. The molecule has 2 rings (SSSR count). The molecule has 0 atom stereocenters. The van der Waals surface area contributed by atoms with Crippen LogP contribution < -0.4 is 5.32 Å². The lowest BCUT2D eigenvalue weighted by atomic mass is 9.93. The molecule has 1 aromatic rings. The Labute approximate surface area is 95.1 Å². The summed E-state index contributed by atoms with van der Waals surface area (Å²) in [6.45, 7) is 0.225. The average Bonchev–Trinajstić information content (AvgIpc) is 2.32. The minimum Gasteiger partial charge on any atom is -0.394 e. The van der Waals surface area contributed by atoms with Crippen molar-refractivity contribution in [1.29, 1.82) is 0 Å². The number of para-hydroxylation sites is 1. The predicted molar refractivity (Wildman–Crippen MR) is 66.4 cm³/mol. The zero-order valence-corrected chi connectivity index (χ0v) is 9.59. The first-order valence-corrected chi connectivity index (χ1v) is 6.52. The van der Waals surface area contributed by atoms with E-state index in [-0.39, 0.29) is 12.1 Å². The van der Waals surface area contributed by atoms with Gasteiger partial charge in [0, 0.05) is 5.69 Å². The number of hydrogen-bond donors (Lipinski definition) is 2. The summed E-state index contributed by atoms with van der Waals surface area (Å²) in [7, 11) is 0. The third kappa shape index (κ3) is 2.67. The molecule has 0 aliphatic carbocycles. The van der Waals surface area contributed by atoms with E-state index >= 15 is 0 Å². The molecule has 1 aliphatic heterocycles. The van der Waals surface area contributed by atoms with Crippen molar-refractivity contribution in [3.63, 3.8) is 0 Å². The quantitative estimate of drug-likeness (QED) is 0.825. The van der Waals surface area contributed by atoms with Crippen molar-refractivity contribution in [3.05, 3.63) is 30.3 Å². The highest BCUT2D eigenvalue weighted by Gasteiger charge is 2.31. The van der Waals surface area contributed by atoms with E-state index in [9.17, 15) is 5.11 Å². The summed E-state index contributed by atoms with van der Waals surface area (Å²) < 4.78 is 0. The first-order valence-electron chi connectivity index (χ1n) is 5.36. The number of benzene rings is 1. The van der Waals surface area contributed by atoms with Crippen LogP contribution in [0.3, 0.4) is 0 Å². The topological polar surface area (TPSA) is 32.3 Å². The summed E-state index contributed by atoms with van der Waals surface area (Å²) in [6.07, 6.45) is 2.09. The lowest BCUT2D eigenvalue weighted by molar-refractivity contribution is 0.202. The van der Waals surface area contributed by atoms with Gasteiger partial charge < -0.3 is 10.4 Å². The van der Waals surface area contributed by atoms with Gasteiger partial charge in [0.1, 0.15) is 0 Å². The molecule has 1 aromatic carbocycles. The molecule has 0 unspecified atom stereocenters. The van der Waals surface area contributed by atoms with Crippen LogP contribution in [-0.4, -0.2) is 28.8 Å². The summed E-state index contributed by atoms with van der Waals surface area (Å²) >= 11 is 1.97. The van der Waals surface area contributed by atoms with Crippen molar-refractivity contribution < 1.29 is 5.11 Å². The molecule has 82 valence electrons. The molecule has 1 saturated heterocycles. The largest absolute Gasteiger partial charge is 0.394 e. The van der Waals surface area contributed by atoms with Crippen molar-refractivity contribution in [3.8, 4) is 0 Å². The molecule has 0 radical (unpaired) electrons. The number of anilines is 1. The Balaban J connectivity index is 2.07. The van der Waals surface area contributed by atoms with Gasteiger partial charge in [-0.3, -0.25) is 0 Å². The van der Waals surface area contributed by atoms with Gasteiger partial charge in [0.05, 0.1) is 12.1 Å². The van der Waals surface area contributed by atoms with Crippen LogP contribution in [0.15, 0.2) is 30.3 Å². The van der Waals surface area contributed by atoms with E-state index in [0.29, 0.717) is 0 Å². The number of nitrogens with one attached hydrogen (secondary N) is 1. The van der Waals surface area contributed by atoms with Crippen molar-refractivity contribution in [2.24, 2.45) is 0 Å². The van der Waals surface area contributed by atoms with E-state index in [1.54, 1.807) is 0 Å². The van der Waals surface area contributed by atoms with Crippen molar-refractivity contribution in [2.45, 2.75) is 18.4 Å². The van der Waals surface area contributed by atoms with Gasteiger partial charge >= 0.3 is 0 Å². The maximum absolute atomic E-state index is 9.53. The first-order chi connectivity index (χ1) is 7.35. The lowest BCUT2D eigenvalue weighted by Crippen LogP contribution is -2.45. The molecule has 0 bridgehead atoms. The smallest absolute Gasteiger partial charge is 0.0662 e. The maximum atomic E-state index is 9.53. The van der Waals surface area contributed by atoms with Gasteiger partial charge in [0.25, 0.3) is 0 Å². The molecule has 0 aromatic heterocycles. The van der Waals surface area contributed by atoms with Gasteiger partial charge in [-0.1, -0.05) is 18.2 Å². The number of aliphatic hydroxyl groups is 1. The second-order valence-corrected chi connectivity index (χ2v) is 5.27. The number of aliphatic hydroxyl groups excluding tert-OH is 1. The molecule has 2 N–H and O–H groups in total. The SMILES string of the molecule is OCC1(Nc2ccccc2)CCSCC1. The summed E-state index contributed by atoms with van der Waals surface area (Å²) in [5.74, 6) is 2.28. The van der Waals surface area contributed by atoms with Crippen LogP contribution in [0.2, 0.25) is 0 Å². The van der Waals surface area contributed by atoms with Crippen LogP contribution in [-0.2, 0) is 0 Å². The molecule has 1 aliphatic rings. The minimum atomic E-state index is -0.0907. The number of hydrogen-bond acceptors (Lipinski definition) is 3. The van der Waals surface area contributed by atoms with Gasteiger partial charge in [-0.25, -0.2) is 0 Å². The minimum absolute atomic E-state index is 0.0907. The monoisotopic (exact) mass is 223 g/mol. The Bertz CT molecular complexity index is 296. The lowest BCUT2D eigenvalue weighted by Gasteiger charge is -2.37. The van der Waals surface area contributed by atoms with Crippen LogP contribution in [0, 0.1) is 0 Å². The summed E-state index contributed by atoms with van der Waals surface area (Å²) in [6, 6.07) is 10.2. The van der Waals surface area contributed by atoms with E-state index < -0.39 is 0 Å². The highest BCUT2D eigenvalue weighted by Crippen LogP contribution is 2.30. The van der Waals surface area contributed by atoms with Crippen molar-refractivity contribution in [1.82, 2.24) is 0 Å². The zero-order chi connectivity index (χ0) is 10.6. The maximum Gasteiger partial charge on any atom is 0.0662 e. The second kappa shape index (κ2) is 4.90. The fourth-order valence-corrected chi connectivity index (χ4v) is 3.19. The van der Waals surface area contributed by atoms with E-state index in [1.165, 1.54) is 0 Å². The fourth-order valence-electron chi connectivity index (χ4n) is 1.91.